The largest absolute Gasteiger partial charge is 0.352 e. The van der Waals surface area contributed by atoms with Gasteiger partial charge in [-0.15, -0.1) is 24.0 Å². The van der Waals surface area contributed by atoms with E-state index in [1.165, 1.54) is 11.1 Å². The van der Waals surface area contributed by atoms with Crippen molar-refractivity contribution in [1.29, 1.82) is 0 Å². The highest BCUT2D eigenvalue weighted by molar-refractivity contribution is 14.0. The Morgan fingerprint density at radius 3 is 2.33 bits per heavy atom. The van der Waals surface area contributed by atoms with Crippen LogP contribution in [0.3, 0.4) is 0 Å². The van der Waals surface area contributed by atoms with Crippen LogP contribution in [-0.4, -0.2) is 72.0 Å². The van der Waals surface area contributed by atoms with Crippen LogP contribution >= 0.6 is 24.0 Å². The Hall–Kier alpha value is -1.94. The fourth-order valence-electron chi connectivity index (χ4n) is 3.63. The van der Waals surface area contributed by atoms with Crippen molar-refractivity contribution in [2.75, 3.05) is 51.2 Å². The fraction of sp³-hybridized carbons (Fsp3) is 0.500. The summed E-state index contributed by atoms with van der Waals surface area (Å²) in [7, 11) is 1.85. The highest BCUT2D eigenvalue weighted by atomic mass is 127. The van der Waals surface area contributed by atoms with Gasteiger partial charge in [0.2, 0.25) is 5.95 Å². The number of piperazine rings is 1. The summed E-state index contributed by atoms with van der Waals surface area (Å²) in [5.74, 6) is 1.76. The zero-order valence-corrected chi connectivity index (χ0v) is 20.6. The number of halogens is 1. The maximum Gasteiger partial charge on any atom is 0.225 e. The van der Waals surface area contributed by atoms with E-state index in [1.54, 1.807) is 12.4 Å². The van der Waals surface area contributed by atoms with E-state index >= 15 is 0 Å². The van der Waals surface area contributed by atoms with Crippen molar-refractivity contribution >= 4 is 35.9 Å². The standard InChI is InChI=1S/C22H33N7.HI/c1-4-27(5-2)18-20-9-6-8-19(16-20)17-26-21(23-3)28-12-14-29(15-13-28)22-24-10-7-11-25-22;/h6-11,16H,4-5,12-15,17-18H2,1-3H3,(H,23,26);1H. The molecular formula is C22H34IN7. The Kier molecular flexibility index (Phi) is 10.3. The summed E-state index contributed by atoms with van der Waals surface area (Å²) in [6.07, 6.45) is 3.59. The minimum absolute atomic E-state index is 0. The molecule has 0 spiro atoms. The molecule has 0 bridgehead atoms. The van der Waals surface area contributed by atoms with E-state index < -0.39 is 0 Å². The van der Waals surface area contributed by atoms with Crippen molar-refractivity contribution in [1.82, 2.24) is 25.1 Å². The monoisotopic (exact) mass is 523 g/mol. The first-order chi connectivity index (χ1) is 14.2. The van der Waals surface area contributed by atoms with Gasteiger partial charge in [0.1, 0.15) is 0 Å². The Bertz CT molecular complexity index is 772. The van der Waals surface area contributed by atoms with Crippen LogP contribution in [0.5, 0.6) is 0 Å². The van der Waals surface area contributed by atoms with Crippen LogP contribution < -0.4 is 10.2 Å². The lowest BCUT2D eigenvalue weighted by Crippen LogP contribution is -2.52. The molecule has 1 fully saturated rings. The number of nitrogens with zero attached hydrogens (tertiary/aromatic N) is 6. The van der Waals surface area contributed by atoms with E-state index in [9.17, 15) is 0 Å². The number of aliphatic imine (C=N–C) groups is 1. The van der Waals surface area contributed by atoms with Gasteiger partial charge < -0.3 is 15.1 Å². The number of anilines is 1. The topological polar surface area (TPSA) is 59.9 Å². The predicted molar refractivity (Wildman–Crippen MR) is 134 cm³/mol. The summed E-state index contributed by atoms with van der Waals surface area (Å²) >= 11 is 0. The van der Waals surface area contributed by atoms with Gasteiger partial charge in [-0.25, -0.2) is 9.97 Å². The molecule has 1 aliphatic rings. The molecule has 3 rings (SSSR count). The minimum Gasteiger partial charge on any atom is -0.352 e. The Balaban J connectivity index is 0.00000320. The summed E-state index contributed by atoms with van der Waals surface area (Å²) in [5, 5.41) is 3.53. The third-order valence-electron chi connectivity index (χ3n) is 5.37. The molecule has 8 heteroatoms. The first-order valence-corrected chi connectivity index (χ1v) is 10.5. The molecule has 7 nitrogen and oxygen atoms in total. The summed E-state index contributed by atoms with van der Waals surface area (Å²) in [5.41, 5.74) is 2.64. The number of nitrogens with one attached hydrogen (secondary N) is 1. The third kappa shape index (κ3) is 6.80. The molecule has 1 aliphatic heterocycles. The molecule has 0 unspecified atom stereocenters. The molecule has 0 radical (unpaired) electrons. The average molecular weight is 523 g/mol. The first kappa shape index (κ1) is 24.3. The maximum absolute atomic E-state index is 4.50. The Morgan fingerprint density at radius 2 is 1.70 bits per heavy atom. The molecule has 2 aromatic rings. The number of guanidine groups is 1. The molecular weight excluding hydrogens is 489 g/mol. The Morgan fingerprint density at radius 1 is 1.03 bits per heavy atom. The van der Waals surface area contributed by atoms with Gasteiger partial charge in [-0.05, 0) is 30.3 Å². The van der Waals surface area contributed by atoms with Crippen molar-refractivity contribution in [2.24, 2.45) is 4.99 Å². The van der Waals surface area contributed by atoms with Crippen LogP contribution in [-0.2, 0) is 13.1 Å². The normalized spacial score (nSPS) is 14.6. The van der Waals surface area contributed by atoms with Crippen LogP contribution in [0.4, 0.5) is 5.95 Å². The van der Waals surface area contributed by atoms with Gasteiger partial charge in [-0.2, -0.15) is 0 Å². The number of rotatable bonds is 7. The molecule has 1 aromatic heterocycles. The lowest BCUT2D eigenvalue weighted by atomic mass is 10.1. The van der Waals surface area contributed by atoms with Crippen LogP contribution in [0, 0.1) is 0 Å². The van der Waals surface area contributed by atoms with Crippen LogP contribution in [0.1, 0.15) is 25.0 Å². The van der Waals surface area contributed by atoms with Gasteiger partial charge >= 0.3 is 0 Å². The van der Waals surface area contributed by atoms with Gasteiger partial charge in [0, 0.05) is 58.7 Å². The minimum atomic E-state index is 0. The molecule has 2 heterocycles. The number of hydrogen-bond donors (Lipinski definition) is 1. The maximum atomic E-state index is 4.50. The predicted octanol–water partition coefficient (Wildman–Crippen LogP) is 2.83. The van der Waals surface area contributed by atoms with Gasteiger partial charge in [0.15, 0.2) is 5.96 Å². The number of benzene rings is 1. The number of aromatic nitrogens is 2. The highest BCUT2D eigenvalue weighted by Gasteiger charge is 2.21. The van der Waals surface area contributed by atoms with Crippen LogP contribution in [0.15, 0.2) is 47.7 Å². The first-order valence-electron chi connectivity index (χ1n) is 10.5. The van der Waals surface area contributed by atoms with E-state index in [1.807, 2.05) is 13.1 Å². The summed E-state index contributed by atoms with van der Waals surface area (Å²) in [6, 6.07) is 10.7. The van der Waals surface area contributed by atoms with Gasteiger partial charge in [0.25, 0.3) is 0 Å². The van der Waals surface area contributed by atoms with Crippen LogP contribution in [0.2, 0.25) is 0 Å². The molecule has 164 valence electrons. The summed E-state index contributed by atoms with van der Waals surface area (Å²) in [6.45, 7) is 11.9. The quantitative estimate of drug-likeness (QED) is 0.342. The number of hydrogen-bond acceptors (Lipinski definition) is 5. The smallest absolute Gasteiger partial charge is 0.225 e. The molecule has 0 saturated carbocycles. The average Bonchev–Trinajstić information content (AvgIpc) is 2.79. The second-order valence-electron chi connectivity index (χ2n) is 7.20. The zero-order valence-electron chi connectivity index (χ0n) is 18.3. The van der Waals surface area contributed by atoms with Gasteiger partial charge in [-0.1, -0.05) is 38.1 Å². The third-order valence-corrected chi connectivity index (χ3v) is 5.37. The van der Waals surface area contributed by atoms with Gasteiger partial charge in [-0.3, -0.25) is 9.89 Å². The van der Waals surface area contributed by atoms with Crippen molar-refractivity contribution in [3.05, 3.63) is 53.9 Å². The summed E-state index contributed by atoms with van der Waals surface area (Å²) < 4.78 is 0. The van der Waals surface area contributed by atoms with Crippen molar-refractivity contribution < 1.29 is 0 Å². The molecule has 1 N–H and O–H groups in total. The molecule has 0 amide bonds. The molecule has 0 aliphatic carbocycles. The second kappa shape index (κ2) is 12.7. The second-order valence-corrected chi connectivity index (χ2v) is 7.20. The highest BCUT2D eigenvalue weighted by Crippen LogP contribution is 2.11. The van der Waals surface area contributed by atoms with Crippen LogP contribution in [0.25, 0.3) is 0 Å². The van der Waals surface area contributed by atoms with Gasteiger partial charge in [0.05, 0.1) is 0 Å². The van der Waals surface area contributed by atoms with Crippen molar-refractivity contribution in [2.45, 2.75) is 26.9 Å². The molecule has 30 heavy (non-hydrogen) atoms. The molecule has 1 aromatic carbocycles. The lowest BCUT2D eigenvalue weighted by Gasteiger charge is -2.36. The van der Waals surface area contributed by atoms with E-state index in [0.717, 1.165) is 64.3 Å². The van der Waals surface area contributed by atoms with E-state index in [-0.39, 0.29) is 24.0 Å². The lowest BCUT2D eigenvalue weighted by molar-refractivity contribution is 0.296. The molecule has 1 saturated heterocycles. The van der Waals surface area contributed by atoms with E-state index in [0.29, 0.717) is 0 Å². The Labute approximate surface area is 197 Å². The van der Waals surface area contributed by atoms with Crippen molar-refractivity contribution in [3.8, 4) is 0 Å². The zero-order chi connectivity index (χ0) is 20.5. The van der Waals surface area contributed by atoms with E-state index in [4.69, 9.17) is 0 Å². The summed E-state index contributed by atoms with van der Waals surface area (Å²) in [4.78, 5) is 20.2. The van der Waals surface area contributed by atoms with Crippen molar-refractivity contribution in [3.63, 3.8) is 0 Å². The fourth-order valence-corrected chi connectivity index (χ4v) is 3.63. The SMILES string of the molecule is CCN(CC)Cc1cccc(CNC(=NC)N2CCN(c3ncccn3)CC2)c1.I. The molecule has 0 atom stereocenters. The van der Waals surface area contributed by atoms with E-state index in [2.05, 4.69) is 73.1 Å².